The maximum atomic E-state index is 12.8. The highest BCUT2D eigenvalue weighted by molar-refractivity contribution is 6.30. The molecule has 2 rings (SSSR count). The van der Waals surface area contributed by atoms with Gasteiger partial charge in [0.1, 0.15) is 17.0 Å². The molecule has 1 heterocycles. The van der Waals surface area contributed by atoms with Crippen molar-refractivity contribution in [3.05, 3.63) is 53.1 Å². The van der Waals surface area contributed by atoms with Crippen LogP contribution in [0.2, 0.25) is 5.15 Å². The van der Waals surface area contributed by atoms with Gasteiger partial charge in [0, 0.05) is 11.8 Å². The molecular formula is C12H6ClFN2. The van der Waals surface area contributed by atoms with E-state index in [1.165, 1.54) is 18.3 Å². The minimum Gasteiger partial charge on any atom is -0.243 e. The molecule has 0 N–H and O–H groups in total. The van der Waals surface area contributed by atoms with Gasteiger partial charge in [-0.3, -0.25) is 0 Å². The summed E-state index contributed by atoms with van der Waals surface area (Å²) in [6.07, 6.45) is 1.52. The summed E-state index contributed by atoms with van der Waals surface area (Å²) in [5.74, 6) is -0.317. The highest BCUT2D eigenvalue weighted by Crippen LogP contribution is 2.26. The second kappa shape index (κ2) is 4.30. The Morgan fingerprint density at radius 2 is 1.88 bits per heavy atom. The van der Waals surface area contributed by atoms with Crippen LogP contribution in [0.25, 0.3) is 11.1 Å². The van der Waals surface area contributed by atoms with Gasteiger partial charge in [-0.2, -0.15) is 5.26 Å². The Balaban J connectivity index is 2.61. The summed E-state index contributed by atoms with van der Waals surface area (Å²) in [5.41, 5.74) is 1.69. The fourth-order valence-electron chi connectivity index (χ4n) is 1.41. The summed E-state index contributed by atoms with van der Waals surface area (Å²) in [6, 6.07) is 9.54. The summed E-state index contributed by atoms with van der Waals surface area (Å²) in [4.78, 5) is 3.82. The number of nitriles is 1. The summed E-state index contributed by atoms with van der Waals surface area (Å²) in [5, 5.41) is 9.12. The Morgan fingerprint density at radius 3 is 2.50 bits per heavy atom. The van der Waals surface area contributed by atoms with Crippen molar-refractivity contribution in [1.29, 1.82) is 5.26 Å². The lowest BCUT2D eigenvalue weighted by atomic mass is 10.0. The molecule has 0 aliphatic rings. The van der Waals surface area contributed by atoms with Crippen molar-refractivity contribution in [1.82, 2.24) is 4.98 Å². The highest BCUT2D eigenvalue weighted by atomic mass is 35.5. The van der Waals surface area contributed by atoms with Gasteiger partial charge in [-0.25, -0.2) is 9.37 Å². The molecule has 0 aliphatic heterocycles. The average molecular weight is 233 g/mol. The van der Waals surface area contributed by atoms with Crippen molar-refractivity contribution in [3.8, 4) is 17.2 Å². The predicted molar refractivity (Wildman–Crippen MR) is 59.4 cm³/mol. The number of hydrogen-bond acceptors (Lipinski definition) is 2. The first kappa shape index (κ1) is 10.6. The Kier molecular flexibility index (Phi) is 2.84. The molecule has 0 saturated carbocycles. The zero-order chi connectivity index (χ0) is 11.5. The van der Waals surface area contributed by atoms with Gasteiger partial charge in [-0.05, 0) is 23.8 Å². The van der Waals surface area contributed by atoms with Crippen LogP contribution in [-0.2, 0) is 0 Å². The topological polar surface area (TPSA) is 36.7 Å². The molecule has 16 heavy (non-hydrogen) atoms. The van der Waals surface area contributed by atoms with Gasteiger partial charge < -0.3 is 0 Å². The SMILES string of the molecule is N#Cc1c(-c2ccc(F)cc2)ccnc1Cl. The third-order valence-corrected chi connectivity index (χ3v) is 2.46. The normalized spacial score (nSPS) is 9.81. The second-order valence-electron chi connectivity index (χ2n) is 3.14. The van der Waals surface area contributed by atoms with Crippen LogP contribution in [0.3, 0.4) is 0 Å². The lowest BCUT2D eigenvalue weighted by molar-refractivity contribution is 0.628. The molecule has 0 radical (unpaired) electrons. The van der Waals surface area contributed by atoms with Crippen molar-refractivity contribution >= 4 is 11.6 Å². The van der Waals surface area contributed by atoms with E-state index in [1.807, 2.05) is 6.07 Å². The Morgan fingerprint density at radius 1 is 1.19 bits per heavy atom. The van der Waals surface area contributed by atoms with E-state index in [0.717, 1.165) is 5.56 Å². The maximum Gasteiger partial charge on any atom is 0.147 e. The maximum absolute atomic E-state index is 12.8. The third-order valence-electron chi connectivity index (χ3n) is 2.17. The molecule has 0 unspecified atom stereocenters. The van der Waals surface area contributed by atoms with Gasteiger partial charge in [-0.15, -0.1) is 0 Å². The van der Waals surface area contributed by atoms with Crippen LogP contribution < -0.4 is 0 Å². The van der Waals surface area contributed by atoms with Crippen LogP contribution in [0.15, 0.2) is 36.5 Å². The standard InChI is InChI=1S/C12H6ClFN2/c13-12-11(7-15)10(5-6-16-12)8-1-3-9(14)4-2-8/h1-6H. The zero-order valence-corrected chi connectivity index (χ0v) is 8.87. The molecule has 2 aromatic rings. The third kappa shape index (κ3) is 1.88. The average Bonchev–Trinajstić information content (AvgIpc) is 2.30. The minimum absolute atomic E-state index is 0.157. The smallest absolute Gasteiger partial charge is 0.147 e. The van der Waals surface area contributed by atoms with Crippen LogP contribution in [0.4, 0.5) is 4.39 Å². The van der Waals surface area contributed by atoms with Crippen LogP contribution in [0.5, 0.6) is 0 Å². The molecule has 1 aromatic carbocycles. The van der Waals surface area contributed by atoms with Gasteiger partial charge >= 0.3 is 0 Å². The fraction of sp³-hybridized carbons (Fsp3) is 0. The first-order valence-corrected chi connectivity index (χ1v) is 4.90. The van der Waals surface area contributed by atoms with Crippen molar-refractivity contribution in [2.45, 2.75) is 0 Å². The second-order valence-corrected chi connectivity index (χ2v) is 3.50. The quantitative estimate of drug-likeness (QED) is 0.707. The van der Waals surface area contributed by atoms with Crippen molar-refractivity contribution < 1.29 is 4.39 Å². The van der Waals surface area contributed by atoms with Gasteiger partial charge in [-0.1, -0.05) is 23.7 Å². The lowest BCUT2D eigenvalue weighted by Gasteiger charge is -2.04. The number of benzene rings is 1. The van der Waals surface area contributed by atoms with Crippen molar-refractivity contribution in [3.63, 3.8) is 0 Å². The van der Waals surface area contributed by atoms with Gasteiger partial charge in [0.15, 0.2) is 0 Å². The number of nitrogens with zero attached hydrogens (tertiary/aromatic N) is 2. The molecule has 0 saturated heterocycles. The molecule has 78 valence electrons. The lowest BCUT2D eigenvalue weighted by Crippen LogP contribution is -1.88. The summed E-state index contributed by atoms with van der Waals surface area (Å²) < 4.78 is 12.8. The van der Waals surface area contributed by atoms with Crippen LogP contribution in [0, 0.1) is 17.1 Å². The van der Waals surface area contributed by atoms with Gasteiger partial charge in [0.05, 0.1) is 5.56 Å². The zero-order valence-electron chi connectivity index (χ0n) is 8.11. The summed E-state index contributed by atoms with van der Waals surface area (Å²) in [7, 11) is 0. The molecular weight excluding hydrogens is 227 g/mol. The van der Waals surface area contributed by atoms with E-state index in [-0.39, 0.29) is 11.0 Å². The first-order valence-electron chi connectivity index (χ1n) is 4.53. The molecule has 0 fully saturated rings. The molecule has 0 amide bonds. The molecule has 0 spiro atoms. The van der Waals surface area contributed by atoms with E-state index in [0.29, 0.717) is 11.1 Å². The van der Waals surface area contributed by atoms with E-state index in [2.05, 4.69) is 4.98 Å². The van der Waals surface area contributed by atoms with Crippen LogP contribution in [0.1, 0.15) is 5.56 Å². The predicted octanol–water partition coefficient (Wildman–Crippen LogP) is 3.41. The molecule has 0 aliphatic carbocycles. The number of pyridine rings is 1. The van der Waals surface area contributed by atoms with E-state index in [4.69, 9.17) is 16.9 Å². The van der Waals surface area contributed by atoms with E-state index >= 15 is 0 Å². The molecule has 0 atom stereocenters. The Hall–Kier alpha value is -1.92. The minimum atomic E-state index is -0.317. The Labute approximate surface area is 96.9 Å². The Bertz CT molecular complexity index is 558. The van der Waals surface area contributed by atoms with Crippen LogP contribution >= 0.6 is 11.6 Å². The largest absolute Gasteiger partial charge is 0.243 e. The van der Waals surface area contributed by atoms with E-state index in [9.17, 15) is 4.39 Å². The molecule has 0 bridgehead atoms. The summed E-state index contributed by atoms with van der Waals surface area (Å²) in [6.45, 7) is 0. The van der Waals surface area contributed by atoms with E-state index in [1.54, 1.807) is 18.2 Å². The number of halogens is 2. The van der Waals surface area contributed by atoms with Crippen molar-refractivity contribution in [2.75, 3.05) is 0 Å². The summed E-state index contributed by atoms with van der Waals surface area (Å²) >= 11 is 5.80. The monoisotopic (exact) mass is 232 g/mol. The highest BCUT2D eigenvalue weighted by Gasteiger charge is 2.09. The number of hydrogen-bond donors (Lipinski definition) is 0. The molecule has 4 heteroatoms. The van der Waals surface area contributed by atoms with Crippen molar-refractivity contribution in [2.24, 2.45) is 0 Å². The van der Waals surface area contributed by atoms with Gasteiger partial charge in [0.25, 0.3) is 0 Å². The number of rotatable bonds is 1. The molecule has 1 aromatic heterocycles. The van der Waals surface area contributed by atoms with Gasteiger partial charge in [0.2, 0.25) is 0 Å². The van der Waals surface area contributed by atoms with E-state index < -0.39 is 0 Å². The fourth-order valence-corrected chi connectivity index (χ4v) is 1.61. The molecule has 2 nitrogen and oxygen atoms in total. The first-order chi connectivity index (χ1) is 7.72. The van der Waals surface area contributed by atoms with Crippen LogP contribution in [-0.4, -0.2) is 4.98 Å². The number of aromatic nitrogens is 1.